The Hall–Kier alpha value is -2.34. The van der Waals surface area contributed by atoms with Gasteiger partial charge in [-0.2, -0.15) is 0 Å². The van der Waals surface area contributed by atoms with E-state index < -0.39 is 0 Å². The van der Waals surface area contributed by atoms with Crippen LogP contribution in [0.4, 0.5) is 0 Å². The number of nitrogens with zero attached hydrogens (tertiary/aromatic N) is 2. The van der Waals surface area contributed by atoms with Crippen LogP contribution in [0.5, 0.6) is 0 Å². The Bertz CT molecular complexity index is 1640. The molecule has 0 aliphatic carbocycles. The largest absolute Gasteiger partial charge is 0.235 e. The fourth-order valence-corrected chi connectivity index (χ4v) is 7.86. The van der Waals surface area contributed by atoms with E-state index in [2.05, 4.69) is 70.3 Å². The predicted octanol–water partition coefficient (Wildman–Crippen LogP) is 8.86. The van der Waals surface area contributed by atoms with Crippen LogP contribution in [0, 0.1) is 13.8 Å². The van der Waals surface area contributed by atoms with Crippen LogP contribution in [0.3, 0.4) is 0 Å². The van der Waals surface area contributed by atoms with E-state index >= 15 is 0 Å². The molecule has 5 heteroatoms. The van der Waals surface area contributed by atoms with E-state index in [1.807, 2.05) is 34.0 Å². The Labute approximate surface area is 193 Å². The Balaban J connectivity index is 1.72. The molecule has 0 unspecified atom stereocenters. The first-order chi connectivity index (χ1) is 14.8. The second-order valence-corrected chi connectivity index (χ2v) is 12.4. The van der Waals surface area contributed by atoms with Crippen LogP contribution in [-0.4, -0.2) is 9.97 Å². The van der Waals surface area contributed by atoms with E-state index in [1.165, 1.54) is 56.5 Å². The van der Waals surface area contributed by atoms with Gasteiger partial charge in [0.25, 0.3) is 0 Å². The first kappa shape index (κ1) is 19.4. The lowest BCUT2D eigenvalue weighted by Gasteiger charge is -2.21. The second kappa shape index (κ2) is 6.58. The van der Waals surface area contributed by atoms with Crippen molar-refractivity contribution < 1.29 is 0 Å². The zero-order valence-electron chi connectivity index (χ0n) is 18.2. The van der Waals surface area contributed by atoms with Gasteiger partial charge in [0.05, 0.1) is 15.9 Å². The van der Waals surface area contributed by atoms with Crippen LogP contribution in [-0.2, 0) is 5.41 Å². The van der Waals surface area contributed by atoms with E-state index in [0.717, 1.165) is 11.2 Å². The average molecular weight is 459 g/mol. The first-order valence-corrected chi connectivity index (χ1v) is 12.9. The van der Waals surface area contributed by atoms with Crippen molar-refractivity contribution >= 4 is 74.5 Å². The lowest BCUT2D eigenvalue weighted by Crippen LogP contribution is -2.11. The third kappa shape index (κ3) is 2.80. The highest BCUT2D eigenvalue weighted by molar-refractivity contribution is 7.26. The number of rotatable bonds is 1. The summed E-state index contributed by atoms with van der Waals surface area (Å²) in [4.78, 5) is 11.0. The minimum Gasteiger partial charge on any atom is -0.235 e. The van der Waals surface area contributed by atoms with E-state index in [9.17, 15) is 0 Å². The molecular formula is C26H22N2S3. The van der Waals surface area contributed by atoms with Crippen molar-refractivity contribution in [3.8, 4) is 11.3 Å². The Kier molecular flexibility index (Phi) is 4.11. The van der Waals surface area contributed by atoms with Gasteiger partial charge in [-0.1, -0.05) is 20.8 Å². The summed E-state index contributed by atoms with van der Waals surface area (Å²) in [5, 5.41) is 6.14. The molecule has 0 spiro atoms. The molecule has 2 aromatic carbocycles. The van der Waals surface area contributed by atoms with Gasteiger partial charge in [-0.25, -0.2) is 9.97 Å². The van der Waals surface area contributed by atoms with Crippen molar-refractivity contribution in [1.82, 2.24) is 9.97 Å². The molecule has 0 atom stereocenters. The maximum atomic E-state index is 4.80. The van der Waals surface area contributed by atoms with Gasteiger partial charge < -0.3 is 0 Å². The van der Waals surface area contributed by atoms with Crippen LogP contribution in [0.2, 0.25) is 0 Å². The normalized spacial score (nSPS) is 12.7. The summed E-state index contributed by atoms with van der Waals surface area (Å²) in [5.41, 5.74) is 6.14. The number of aromatic nitrogens is 2. The van der Waals surface area contributed by atoms with Crippen LogP contribution >= 0.6 is 34.0 Å². The van der Waals surface area contributed by atoms with Gasteiger partial charge in [-0.3, -0.25) is 0 Å². The highest BCUT2D eigenvalue weighted by Crippen LogP contribution is 2.45. The minimum absolute atomic E-state index is 0.0723. The van der Waals surface area contributed by atoms with Gasteiger partial charge in [-0.05, 0) is 71.5 Å². The molecule has 0 amide bonds. The molecule has 0 fully saturated rings. The van der Waals surface area contributed by atoms with Crippen LogP contribution in [0.15, 0.2) is 42.0 Å². The Morgan fingerprint density at radius 2 is 1.61 bits per heavy atom. The third-order valence-electron chi connectivity index (χ3n) is 6.18. The molecule has 0 bridgehead atoms. The smallest absolute Gasteiger partial charge is 0.116 e. The lowest BCUT2D eigenvalue weighted by atomic mass is 9.85. The highest BCUT2D eigenvalue weighted by atomic mass is 32.1. The van der Waals surface area contributed by atoms with E-state index in [1.54, 1.807) is 6.33 Å². The first-order valence-electron chi connectivity index (χ1n) is 10.4. The highest BCUT2D eigenvalue weighted by Gasteiger charge is 2.22. The summed E-state index contributed by atoms with van der Waals surface area (Å²) >= 11 is 5.52. The van der Waals surface area contributed by atoms with Crippen molar-refractivity contribution in [2.24, 2.45) is 0 Å². The van der Waals surface area contributed by atoms with Gasteiger partial charge in [-0.15, -0.1) is 34.0 Å². The molecule has 0 N–H and O–H groups in total. The standard InChI is InChI=1S/C26H22N2S3/c1-13-14(2)30-18-6-7-19-21(20(13)18)23-25(31-19)22(27-12-28-23)16-10-15-8-9-29-24(15)17(11-16)26(3,4)5/h6-12H,1-5H3. The van der Waals surface area contributed by atoms with Gasteiger partial charge in [0, 0.05) is 35.3 Å². The summed E-state index contributed by atoms with van der Waals surface area (Å²) in [6.07, 6.45) is 1.74. The topological polar surface area (TPSA) is 25.8 Å². The number of aryl methyl sites for hydroxylation is 2. The number of fused-ring (bicyclic) bond motifs is 6. The minimum atomic E-state index is 0.0723. The summed E-state index contributed by atoms with van der Waals surface area (Å²) < 4.78 is 5.20. The number of hydrogen-bond donors (Lipinski definition) is 0. The maximum Gasteiger partial charge on any atom is 0.116 e. The third-order valence-corrected chi connectivity index (χ3v) is 9.47. The zero-order valence-corrected chi connectivity index (χ0v) is 20.6. The van der Waals surface area contributed by atoms with E-state index in [4.69, 9.17) is 9.97 Å². The quantitative estimate of drug-likeness (QED) is 0.246. The van der Waals surface area contributed by atoms with Crippen LogP contribution in [0.1, 0.15) is 36.8 Å². The molecule has 6 rings (SSSR count). The van der Waals surface area contributed by atoms with Crippen molar-refractivity contribution in [2.45, 2.75) is 40.0 Å². The SMILES string of the molecule is Cc1sc2ccc3sc4c(-c5cc(C(C)(C)C)c6sccc6c5)ncnc4c3c2c1C. The monoisotopic (exact) mass is 458 g/mol. The molecule has 0 aliphatic rings. The average Bonchev–Trinajstić information content (AvgIpc) is 3.42. The summed E-state index contributed by atoms with van der Waals surface area (Å²) in [5.74, 6) is 0. The molecule has 4 aromatic heterocycles. The fraction of sp³-hybridized carbons (Fsp3) is 0.231. The molecule has 0 radical (unpaired) electrons. The van der Waals surface area contributed by atoms with Crippen molar-refractivity contribution in [2.75, 3.05) is 0 Å². The van der Waals surface area contributed by atoms with E-state index in [0.29, 0.717) is 0 Å². The summed E-state index contributed by atoms with van der Waals surface area (Å²) in [6, 6.07) is 11.4. The molecule has 0 aliphatic heterocycles. The van der Waals surface area contributed by atoms with Gasteiger partial charge in [0.1, 0.15) is 6.33 Å². The maximum absolute atomic E-state index is 4.80. The molecule has 31 heavy (non-hydrogen) atoms. The van der Waals surface area contributed by atoms with Gasteiger partial charge in [0.2, 0.25) is 0 Å². The Morgan fingerprint density at radius 3 is 2.39 bits per heavy atom. The van der Waals surface area contributed by atoms with Crippen LogP contribution < -0.4 is 0 Å². The summed E-state index contributed by atoms with van der Waals surface area (Å²) in [7, 11) is 0. The van der Waals surface area contributed by atoms with Gasteiger partial charge in [0.15, 0.2) is 0 Å². The molecule has 0 saturated heterocycles. The van der Waals surface area contributed by atoms with Crippen molar-refractivity contribution in [3.63, 3.8) is 0 Å². The fourth-order valence-electron chi connectivity index (χ4n) is 4.50. The number of hydrogen-bond acceptors (Lipinski definition) is 5. The van der Waals surface area contributed by atoms with E-state index in [-0.39, 0.29) is 5.41 Å². The molecule has 6 aromatic rings. The number of thiophene rings is 3. The zero-order chi connectivity index (χ0) is 21.5. The lowest BCUT2D eigenvalue weighted by molar-refractivity contribution is 0.597. The van der Waals surface area contributed by atoms with Crippen molar-refractivity contribution in [1.29, 1.82) is 0 Å². The Morgan fingerprint density at radius 1 is 0.839 bits per heavy atom. The predicted molar refractivity (Wildman–Crippen MR) is 139 cm³/mol. The summed E-state index contributed by atoms with van der Waals surface area (Å²) in [6.45, 7) is 11.3. The second-order valence-electron chi connectivity index (χ2n) is 9.21. The van der Waals surface area contributed by atoms with Crippen molar-refractivity contribution in [3.05, 3.63) is 58.0 Å². The number of benzene rings is 2. The molecule has 4 heterocycles. The molecule has 154 valence electrons. The van der Waals surface area contributed by atoms with Gasteiger partial charge >= 0.3 is 0 Å². The molecular weight excluding hydrogens is 437 g/mol. The molecule has 0 saturated carbocycles. The molecule has 2 nitrogen and oxygen atoms in total. The van der Waals surface area contributed by atoms with Crippen LogP contribution in [0.25, 0.3) is 51.7 Å².